The number of nitrogens with zero attached hydrogens (tertiary/aromatic N) is 3. The molecular weight excluding hydrogens is 413 g/mol. The predicted octanol–water partition coefficient (Wildman–Crippen LogP) is 4.26. The third-order valence-electron chi connectivity index (χ3n) is 4.21. The van der Waals surface area contributed by atoms with Gasteiger partial charge in [-0.3, -0.25) is 4.79 Å². The molecule has 1 aromatic carbocycles. The number of carbonyl (C=O) groups is 1. The molecule has 0 bridgehead atoms. The number of aromatic nitrogens is 3. The first kappa shape index (κ1) is 21.9. The molecule has 0 unspecified atom stereocenters. The van der Waals surface area contributed by atoms with Crippen LogP contribution in [0.25, 0.3) is 11.9 Å². The molecule has 3 rings (SSSR count). The zero-order valence-corrected chi connectivity index (χ0v) is 16.9. The molecule has 0 atom stereocenters. The fraction of sp³-hybridized carbons (Fsp3) is 0.190. The van der Waals surface area contributed by atoms with E-state index in [9.17, 15) is 18.0 Å². The fourth-order valence-corrected chi connectivity index (χ4v) is 2.74. The minimum atomic E-state index is -4.49. The molecule has 0 saturated carbocycles. The van der Waals surface area contributed by atoms with Crippen LogP contribution in [0.1, 0.15) is 16.8 Å². The summed E-state index contributed by atoms with van der Waals surface area (Å²) in [4.78, 5) is 16.2. The lowest BCUT2D eigenvalue weighted by molar-refractivity contribution is -0.137. The normalized spacial score (nSPS) is 11.5. The van der Waals surface area contributed by atoms with Crippen molar-refractivity contribution in [2.45, 2.75) is 13.1 Å². The molecule has 1 N–H and O–H groups in total. The highest BCUT2D eigenvalue weighted by molar-refractivity contribution is 6.01. The maximum absolute atomic E-state index is 12.8. The van der Waals surface area contributed by atoms with Crippen molar-refractivity contribution in [1.82, 2.24) is 14.8 Å². The first-order valence-electron chi connectivity index (χ1n) is 9.02. The lowest BCUT2D eigenvalue weighted by Crippen LogP contribution is -2.13. The Morgan fingerprint density at radius 1 is 1.10 bits per heavy atom. The van der Waals surface area contributed by atoms with Gasteiger partial charge in [0.2, 0.25) is 5.91 Å². The number of amides is 1. The van der Waals surface area contributed by atoms with Gasteiger partial charge in [0.05, 0.1) is 25.5 Å². The van der Waals surface area contributed by atoms with E-state index in [0.717, 1.165) is 12.3 Å². The summed E-state index contributed by atoms with van der Waals surface area (Å²) in [6.07, 6.45) is -0.873. The largest absolute Gasteiger partial charge is 0.493 e. The SMILES string of the molecule is COc1ccc(C=CC(=O)Nc2cc(C)nn2-c2ccc(C(F)(F)F)cn2)cc1OC. The Morgan fingerprint density at radius 2 is 1.84 bits per heavy atom. The molecule has 7 nitrogen and oxygen atoms in total. The van der Waals surface area contributed by atoms with Crippen LogP contribution >= 0.6 is 0 Å². The smallest absolute Gasteiger partial charge is 0.417 e. The molecule has 2 heterocycles. The van der Waals surface area contributed by atoms with Crippen molar-refractivity contribution in [3.05, 3.63) is 65.5 Å². The lowest BCUT2D eigenvalue weighted by Gasteiger charge is -2.09. The Balaban J connectivity index is 1.78. The molecule has 31 heavy (non-hydrogen) atoms. The molecule has 10 heteroatoms. The van der Waals surface area contributed by atoms with E-state index in [0.29, 0.717) is 22.8 Å². The Bertz CT molecular complexity index is 1110. The standard InChI is InChI=1S/C21H19F3N4O3/c1-13-10-19(28(27-13)18-8-6-15(12-25-18)21(22,23)24)26-20(29)9-5-14-4-7-16(30-2)17(11-14)31-3/h4-12H,1-3H3,(H,26,29). The number of methoxy groups -OCH3 is 2. The average molecular weight is 432 g/mol. The summed E-state index contributed by atoms with van der Waals surface area (Å²) in [6, 6.07) is 8.85. The van der Waals surface area contributed by atoms with Crippen molar-refractivity contribution in [2.24, 2.45) is 0 Å². The molecule has 1 amide bonds. The molecule has 0 fully saturated rings. The van der Waals surface area contributed by atoms with Crippen molar-refractivity contribution in [3.8, 4) is 17.3 Å². The van der Waals surface area contributed by atoms with E-state index in [1.165, 1.54) is 31.0 Å². The summed E-state index contributed by atoms with van der Waals surface area (Å²) in [5.74, 6) is 1.04. The Kier molecular flexibility index (Phi) is 6.28. The van der Waals surface area contributed by atoms with Crippen LogP contribution in [0.5, 0.6) is 11.5 Å². The van der Waals surface area contributed by atoms with E-state index in [-0.39, 0.29) is 11.6 Å². The van der Waals surface area contributed by atoms with Crippen molar-refractivity contribution < 1.29 is 27.4 Å². The molecule has 0 aliphatic rings. The molecular formula is C21H19F3N4O3. The second-order valence-corrected chi connectivity index (χ2v) is 6.42. The average Bonchev–Trinajstić information content (AvgIpc) is 3.11. The van der Waals surface area contributed by atoms with Gasteiger partial charge in [-0.25, -0.2) is 4.98 Å². The molecule has 0 saturated heterocycles. The highest BCUT2D eigenvalue weighted by atomic mass is 19.4. The molecule has 162 valence electrons. The highest BCUT2D eigenvalue weighted by Gasteiger charge is 2.30. The number of hydrogen-bond acceptors (Lipinski definition) is 5. The van der Waals surface area contributed by atoms with Crippen LogP contribution in [0.4, 0.5) is 19.0 Å². The second kappa shape index (κ2) is 8.90. The third-order valence-corrected chi connectivity index (χ3v) is 4.21. The molecule has 0 aliphatic carbocycles. The van der Waals surface area contributed by atoms with E-state index < -0.39 is 17.6 Å². The van der Waals surface area contributed by atoms with Crippen molar-refractivity contribution in [2.75, 3.05) is 19.5 Å². The van der Waals surface area contributed by atoms with Crippen LogP contribution in [0.3, 0.4) is 0 Å². The molecule has 2 aromatic heterocycles. The number of anilines is 1. The van der Waals surface area contributed by atoms with Crippen LogP contribution in [0.15, 0.2) is 48.7 Å². The van der Waals surface area contributed by atoms with Crippen LogP contribution < -0.4 is 14.8 Å². The van der Waals surface area contributed by atoms with Crippen LogP contribution in [0.2, 0.25) is 0 Å². The number of benzene rings is 1. The van der Waals surface area contributed by atoms with Gasteiger partial charge in [0.25, 0.3) is 0 Å². The minimum absolute atomic E-state index is 0.139. The fourth-order valence-electron chi connectivity index (χ4n) is 2.74. The van der Waals surface area contributed by atoms with E-state index in [2.05, 4.69) is 15.4 Å². The van der Waals surface area contributed by atoms with Gasteiger partial charge in [0, 0.05) is 18.3 Å². The number of nitrogens with one attached hydrogen (secondary N) is 1. The van der Waals surface area contributed by atoms with Gasteiger partial charge < -0.3 is 14.8 Å². The van der Waals surface area contributed by atoms with Crippen LogP contribution in [-0.4, -0.2) is 34.9 Å². The van der Waals surface area contributed by atoms with E-state index >= 15 is 0 Å². The van der Waals surface area contributed by atoms with Crippen LogP contribution in [-0.2, 0) is 11.0 Å². The quantitative estimate of drug-likeness (QED) is 0.589. The van der Waals surface area contributed by atoms with E-state index in [4.69, 9.17) is 9.47 Å². The minimum Gasteiger partial charge on any atom is -0.493 e. The summed E-state index contributed by atoms with van der Waals surface area (Å²) in [5.41, 5.74) is 0.395. The number of carbonyl (C=O) groups excluding carboxylic acids is 1. The number of ether oxygens (including phenoxy) is 2. The molecule has 0 spiro atoms. The van der Waals surface area contributed by atoms with Crippen molar-refractivity contribution in [3.63, 3.8) is 0 Å². The second-order valence-electron chi connectivity index (χ2n) is 6.42. The lowest BCUT2D eigenvalue weighted by atomic mass is 10.2. The van der Waals surface area contributed by atoms with Gasteiger partial charge in [0.1, 0.15) is 5.82 Å². The zero-order valence-electron chi connectivity index (χ0n) is 16.9. The maximum atomic E-state index is 12.8. The number of alkyl halides is 3. The van der Waals surface area contributed by atoms with Crippen molar-refractivity contribution in [1.29, 1.82) is 0 Å². The summed E-state index contributed by atoms with van der Waals surface area (Å²) in [5, 5.41) is 6.84. The molecule has 0 radical (unpaired) electrons. The van der Waals surface area contributed by atoms with Gasteiger partial charge in [-0.05, 0) is 42.8 Å². The first-order valence-corrected chi connectivity index (χ1v) is 9.02. The van der Waals surface area contributed by atoms with Gasteiger partial charge in [-0.2, -0.15) is 23.0 Å². The van der Waals surface area contributed by atoms with Crippen molar-refractivity contribution >= 4 is 17.8 Å². The summed E-state index contributed by atoms with van der Waals surface area (Å²) in [7, 11) is 3.04. The van der Waals surface area contributed by atoms with E-state index in [1.54, 1.807) is 37.3 Å². The van der Waals surface area contributed by atoms with Gasteiger partial charge >= 0.3 is 6.18 Å². The molecule has 3 aromatic rings. The van der Waals surface area contributed by atoms with Gasteiger partial charge in [-0.1, -0.05) is 6.07 Å². The number of aryl methyl sites for hydroxylation is 1. The Hall–Kier alpha value is -3.82. The Morgan fingerprint density at radius 3 is 2.45 bits per heavy atom. The number of hydrogen-bond donors (Lipinski definition) is 1. The predicted molar refractivity (Wildman–Crippen MR) is 108 cm³/mol. The summed E-state index contributed by atoms with van der Waals surface area (Å²) >= 11 is 0. The zero-order chi connectivity index (χ0) is 22.6. The topological polar surface area (TPSA) is 78.3 Å². The van der Waals surface area contributed by atoms with Gasteiger partial charge in [0.15, 0.2) is 17.3 Å². The van der Waals surface area contributed by atoms with Crippen LogP contribution in [0, 0.1) is 6.92 Å². The Labute approximate surface area is 176 Å². The first-order chi connectivity index (χ1) is 14.7. The third kappa shape index (κ3) is 5.21. The number of pyridine rings is 1. The van der Waals surface area contributed by atoms with E-state index in [1.807, 2.05) is 0 Å². The maximum Gasteiger partial charge on any atom is 0.417 e. The molecule has 0 aliphatic heterocycles. The summed E-state index contributed by atoms with van der Waals surface area (Å²) in [6.45, 7) is 1.69. The summed E-state index contributed by atoms with van der Waals surface area (Å²) < 4.78 is 49.9. The number of rotatable bonds is 6. The van der Waals surface area contributed by atoms with Gasteiger partial charge in [-0.15, -0.1) is 0 Å². The monoisotopic (exact) mass is 432 g/mol. The highest BCUT2D eigenvalue weighted by Crippen LogP contribution is 2.29. The number of halogens is 3.